The molecule has 1 heterocycles. The summed E-state index contributed by atoms with van der Waals surface area (Å²) in [7, 11) is 0. The van der Waals surface area contributed by atoms with Crippen LogP contribution in [0.3, 0.4) is 0 Å². The maximum Gasteiger partial charge on any atom is 0.262 e. The van der Waals surface area contributed by atoms with E-state index in [9.17, 15) is 10.0 Å². The SMILES string of the molecule is Cc1[nH]c(=O)c(Br)cc1N([O-])O. The van der Waals surface area contributed by atoms with E-state index in [0.717, 1.165) is 0 Å². The maximum absolute atomic E-state index is 10.9. The van der Waals surface area contributed by atoms with Gasteiger partial charge in [-0.15, -0.1) is 0 Å². The molecule has 0 saturated carbocycles. The monoisotopic (exact) mass is 233 g/mol. The van der Waals surface area contributed by atoms with E-state index < -0.39 is 0 Å². The Labute approximate surface area is 76.3 Å². The minimum absolute atomic E-state index is 0.0153. The molecule has 0 spiro atoms. The number of pyridine rings is 1. The predicted octanol–water partition coefficient (Wildman–Crippen LogP) is 1.14. The molecule has 12 heavy (non-hydrogen) atoms. The van der Waals surface area contributed by atoms with Gasteiger partial charge in [-0.25, -0.2) is 0 Å². The van der Waals surface area contributed by atoms with E-state index in [1.807, 2.05) is 0 Å². The second-order valence-corrected chi connectivity index (χ2v) is 3.08. The lowest BCUT2D eigenvalue weighted by Gasteiger charge is -2.23. The molecule has 0 fully saturated rings. The van der Waals surface area contributed by atoms with E-state index in [1.165, 1.54) is 13.0 Å². The lowest BCUT2D eigenvalue weighted by molar-refractivity contribution is 0.295. The standard InChI is InChI=1S/C6H6BrN2O3/c1-3-5(9(11)12)2-4(7)6(10)8-3/h2,11H,1H3,(H,8,10)/q-1. The quantitative estimate of drug-likeness (QED) is 0.714. The minimum atomic E-state index is -0.335. The molecule has 2 N–H and O–H groups in total. The summed E-state index contributed by atoms with van der Waals surface area (Å²) in [5.74, 6) is 0. The third-order valence-electron chi connectivity index (χ3n) is 1.37. The fourth-order valence-electron chi connectivity index (χ4n) is 0.787. The van der Waals surface area contributed by atoms with Crippen molar-refractivity contribution in [1.82, 2.24) is 4.98 Å². The molecule has 0 radical (unpaired) electrons. The number of anilines is 1. The van der Waals surface area contributed by atoms with Gasteiger partial charge in [0.05, 0.1) is 10.2 Å². The van der Waals surface area contributed by atoms with Crippen molar-refractivity contribution >= 4 is 21.6 Å². The Bertz CT molecular complexity index is 347. The van der Waals surface area contributed by atoms with Gasteiger partial charge in [-0.05, 0) is 28.9 Å². The van der Waals surface area contributed by atoms with Gasteiger partial charge >= 0.3 is 0 Å². The summed E-state index contributed by atoms with van der Waals surface area (Å²) < 4.78 is 0.206. The van der Waals surface area contributed by atoms with Crippen molar-refractivity contribution in [3.05, 3.63) is 31.8 Å². The fraction of sp³-hybridized carbons (Fsp3) is 0.167. The van der Waals surface area contributed by atoms with Gasteiger partial charge in [0, 0.05) is 5.69 Å². The molecular formula is C6H6BrN2O3-. The number of aromatic amines is 1. The van der Waals surface area contributed by atoms with Gasteiger partial charge in [-0.2, -0.15) is 0 Å². The Morgan fingerprint density at radius 1 is 1.75 bits per heavy atom. The van der Waals surface area contributed by atoms with E-state index in [1.54, 1.807) is 0 Å². The normalized spacial score (nSPS) is 10.0. The van der Waals surface area contributed by atoms with E-state index in [2.05, 4.69) is 20.9 Å². The molecule has 0 atom stereocenters. The summed E-state index contributed by atoms with van der Waals surface area (Å²) in [4.78, 5) is 13.3. The molecule has 1 aromatic rings. The minimum Gasteiger partial charge on any atom is -0.733 e. The van der Waals surface area contributed by atoms with Crippen molar-refractivity contribution in [2.45, 2.75) is 6.92 Å². The van der Waals surface area contributed by atoms with Crippen LogP contribution in [-0.4, -0.2) is 10.2 Å². The fourth-order valence-corrected chi connectivity index (χ4v) is 1.10. The number of H-pyrrole nitrogens is 1. The first-order chi connectivity index (χ1) is 5.52. The van der Waals surface area contributed by atoms with E-state index in [4.69, 9.17) is 5.21 Å². The molecule has 0 amide bonds. The van der Waals surface area contributed by atoms with Crippen LogP contribution in [0.1, 0.15) is 5.69 Å². The van der Waals surface area contributed by atoms with Crippen LogP contribution in [0.2, 0.25) is 0 Å². The van der Waals surface area contributed by atoms with Crippen molar-refractivity contribution in [3.63, 3.8) is 0 Å². The highest BCUT2D eigenvalue weighted by atomic mass is 79.9. The second-order valence-electron chi connectivity index (χ2n) is 2.23. The zero-order chi connectivity index (χ0) is 9.30. The molecule has 0 aliphatic heterocycles. The summed E-state index contributed by atoms with van der Waals surface area (Å²) in [6, 6.07) is 1.25. The molecule has 6 heteroatoms. The van der Waals surface area contributed by atoms with Crippen LogP contribution >= 0.6 is 15.9 Å². The summed E-state index contributed by atoms with van der Waals surface area (Å²) in [5.41, 5.74) is 0.000255. The zero-order valence-electron chi connectivity index (χ0n) is 6.17. The highest BCUT2D eigenvalue weighted by molar-refractivity contribution is 9.10. The van der Waals surface area contributed by atoms with Gasteiger partial charge in [-0.3, -0.25) is 10.0 Å². The molecule has 0 aliphatic rings. The van der Waals surface area contributed by atoms with Gasteiger partial charge < -0.3 is 15.4 Å². The largest absolute Gasteiger partial charge is 0.733 e. The van der Waals surface area contributed by atoms with Gasteiger partial charge in [0.15, 0.2) is 0 Å². The van der Waals surface area contributed by atoms with E-state index in [0.29, 0.717) is 5.69 Å². The van der Waals surface area contributed by atoms with Crippen molar-refractivity contribution in [1.29, 1.82) is 0 Å². The molecule has 1 aromatic heterocycles. The molecule has 0 aliphatic carbocycles. The van der Waals surface area contributed by atoms with Crippen LogP contribution in [0.25, 0.3) is 0 Å². The Morgan fingerprint density at radius 2 is 2.33 bits per heavy atom. The van der Waals surface area contributed by atoms with Gasteiger partial charge in [0.1, 0.15) is 0 Å². The molecular weight excluding hydrogens is 228 g/mol. The molecule has 0 unspecified atom stereocenters. The van der Waals surface area contributed by atoms with Gasteiger partial charge in [-0.1, -0.05) is 0 Å². The lowest BCUT2D eigenvalue weighted by atomic mass is 10.3. The number of rotatable bonds is 1. The van der Waals surface area contributed by atoms with Crippen LogP contribution in [0.4, 0.5) is 5.69 Å². The Hall–Kier alpha value is -0.850. The third kappa shape index (κ3) is 1.66. The first kappa shape index (κ1) is 9.24. The molecule has 0 bridgehead atoms. The molecule has 0 saturated heterocycles. The number of aromatic nitrogens is 1. The highest BCUT2D eigenvalue weighted by Gasteiger charge is 2.02. The molecule has 66 valence electrons. The maximum atomic E-state index is 10.9. The van der Waals surface area contributed by atoms with E-state index in [-0.39, 0.29) is 20.9 Å². The predicted molar refractivity (Wildman–Crippen MR) is 47.1 cm³/mol. The second kappa shape index (κ2) is 3.26. The summed E-state index contributed by atoms with van der Waals surface area (Å²) in [6.07, 6.45) is 0. The summed E-state index contributed by atoms with van der Waals surface area (Å²) >= 11 is 2.93. The summed E-state index contributed by atoms with van der Waals surface area (Å²) in [5, 5.41) is 18.7. The van der Waals surface area contributed by atoms with Crippen molar-refractivity contribution in [3.8, 4) is 0 Å². The van der Waals surface area contributed by atoms with Crippen LogP contribution in [-0.2, 0) is 0 Å². The topological polar surface area (TPSA) is 79.4 Å². The average Bonchev–Trinajstić information content (AvgIpc) is 1.96. The Kier molecular flexibility index (Phi) is 2.51. The number of aryl methyl sites for hydroxylation is 1. The molecule has 0 aromatic carbocycles. The van der Waals surface area contributed by atoms with Gasteiger partial charge in [0.25, 0.3) is 5.56 Å². The Balaban J connectivity index is 3.33. The smallest absolute Gasteiger partial charge is 0.262 e. The van der Waals surface area contributed by atoms with Crippen molar-refractivity contribution in [2.75, 3.05) is 5.23 Å². The number of nitrogens with zero attached hydrogens (tertiary/aromatic N) is 1. The number of nitrogens with one attached hydrogen (secondary N) is 1. The highest BCUT2D eigenvalue weighted by Crippen LogP contribution is 2.17. The lowest BCUT2D eigenvalue weighted by Crippen LogP contribution is -2.15. The van der Waals surface area contributed by atoms with Crippen LogP contribution in [0, 0.1) is 12.1 Å². The first-order valence-electron chi connectivity index (χ1n) is 3.08. The Morgan fingerprint density at radius 3 is 2.83 bits per heavy atom. The average molecular weight is 234 g/mol. The van der Waals surface area contributed by atoms with Crippen LogP contribution < -0.4 is 10.8 Å². The molecule has 5 nitrogen and oxygen atoms in total. The van der Waals surface area contributed by atoms with E-state index >= 15 is 0 Å². The summed E-state index contributed by atoms with van der Waals surface area (Å²) in [6.45, 7) is 1.52. The van der Waals surface area contributed by atoms with Crippen molar-refractivity contribution < 1.29 is 5.21 Å². The van der Waals surface area contributed by atoms with Crippen molar-refractivity contribution in [2.24, 2.45) is 0 Å². The van der Waals surface area contributed by atoms with Crippen LogP contribution in [0.15, 0.2) is 15.3 Å². The van der Waals surface area contributed by atoms with Gasteiger partial charge in [0.2, 0.25) is 0 Å². The number of halogens is 1. The molecule has 1 rings (SSSR count). The number of hydrogen-bond acceptors (Lipinski definition) is 4. The van der Waals surface area contributed by atoms with Crippen LogP contribution in [0.5, 0.6) is 0 Å². The zero-order valence-corrected chi connectivity index (χ0v) is 7.75. The third-order valence-corrected chi connectivity index (χ3v) is 1.96. The number of hydrogen-bond donors (Lipinski definition) is 2. The first-order valence-corrected chi connectivity index (χ1v) is 3.87.